The van der Waals surface area contributed by atoms with Gasteiger partial charge in [0, 0.05) is 31.6 Å². The van der Waals surface area contributed by atoms with Crippen LogP contribution in [0.5, 0.6) is 11.5 Å². The molecule has 0 fully saturated rings. The molecule has 8 heteroatoms. The second-order valence-electron chi connectivity index (χ2n) is 7.39. The summed E-state index contributed by atoms with van der Waals surface area (Å²) in [6.45, 7) is 5.48. The van der Waals surface area contributed by atoms with Crippen LogP contribution in [0.15, 0.2) is 35.3 Å². The molecule has 0 radical (unpaired) electrons. The molecule has 4 rings (SSSR count). The molecule has 2 aliphatic heterocycles. The first-order valence-corrected chi connectivity index (χ1v) is 10.5. The van der Waals surface area contributed by atoms with Crippen molar-refractivity contribution in [3.8, 4) is 11.5 Å². The van der Waals surface area contributed by atoms with Gasteiger partial charge < -0.3 is 24.8 Å². The van der Waals surface area contributed by atoms with E-state index in [1.54, 1.807) is 0 Å². The summed E-state index contributed by atoms with van der Waals surface area (Å²) in [6.07, 6.45) is 2.49. The Morgan fingerprint density at radius 2 is 2.00 bits per heavy atom. The van der Waals surface area contributed by atoms with Crippen LogP contribution in [0.2, 0.25) is 0 Å². The van der Waals surface area contributed by atoms with E-state index in [0.717, 1.165) is 61.1 Å². The highest BCUT2D eigenvalue weighted by Gasteiger charge is 2.16. The number of hydrogen-bond donors (Lipinski definition) is 2. The van der Waals surface area contributed by atoms with Gasteiger partial charge in [0.2, 0.25) is 0 Å². The summed E-state index contributed by atoms with van der Waals surface area (Å²) in [5, 5.41) is 6.64. The highest BCUT2D eigenvalue weighted by Crippen LogP contribution is 2.29. The van der Waals surface area contributed by atoms with Gasteiger partial charge in [0.15, 0.2) is 12.8 Å². The molecule has 6 nitrogen and oxygen atoms in total. The fourth-order valence-corrected chi connectivity index (χ4v) is 3.79. The van der Waals surface area contributed by atoms with Crippen molar-refractivity contribution >= 4 is 29.9 Å². The third-order valence-corrected chi connectivity index (χ3v) is 5.21. The van der Waals surface area contributed by atoms with Crippen LogP contribution in [0, 0.1) is 5.82 Å². The van der Waals surface area contributed by atoms with E-state index in [-0.39, 0.29) is 36.6 Å². The molecule has 0 unspecified atom stereocenters. The Balaban J connectivity index is 0.00000272. The van der Waals surface area contributed by atoms with E-state index < -0.39 is 0 Å². The molecule has 2 aliphatic rings. The lowest BCUT2D eigenvalue weighted by atomic mass is 10.1. The van der Waals surface area contributed by atoms with Crippen LogP contribution in [-0.4, -0.2) is 39.0 Å². The molecule has 0 bridgehead atoms. The van der Waals surface area contributed by atoms with Crippen molar-refractivity contribution in [2.24, 2.45) is 4.99 Å². The van der Waals surface area contributed by atoms with Crippen LogP contribution in [0.1, 0.15) is 29.2 Å². The highest BCUT2D eigenvalue weighted by molar-refractivity contribution is 14.0. The lowest BCUT2D eigenvalue weighted by Gasteiger charge is -2.20. The predicted octanol–water partition coefficient (Wildman–Crippen LogP) is 3.59. The minimum atomic E-state index is -0.272. The van der Waals surface area contributed by atoms with E-state index in [9.17, 15) is 4.39 Å². The quantitative estimate of drug-likeness (QED) is 0.319. The topological polar surface area (TPSA) is 64.1 Å². The maximum atomic E-state index is 13.9. The van der Waals surface area contributed by atoms with E-state index in [1.807, 2.05) is 6.92 Å². The van der Waals surface area contributed by atoms with Crippen LogP contribution in [-0.2, 0) is 30.6 Å². The number of nitrogens with one attached hydrogen (secondary N) is 2. The number of rotatable bonds is 7. The third-order valence-electron chi connectivity index (χ3n) is 5.21. The minimum Gasteiger partial charge on any atom is -0.493 e. The Hall–Kier alpha value is -2.07. The Bertz CT molecular complexity index is 923. The maximum Gasteiger partial charge on any atom is 0.191 e. The summed E-state index contributed by atoms with van der Waals surface area (Å²) in [6, 6.07) is 9.40. The average molecular weight is 541 g/mol. The molecule has 0 saturated heterocycles. The zero-order valence-electron chi connectivity index (χ0n) is 17.7. The van der Waals surface area contributed by atoms with Gasteiger partial charge in [-0.2, -0.15) is 0 Å². The number of guanidine groups is 1. The van der Waals surface area contributed by atoms with Gasteiger partial charge in [0.05, 0.1) is 13.2 Å². The van der Waals surface area contributed by atoms with Gasteiger partial charge in [-0.25, -0.2) is 4.39 Å². The summed E-state index contributed by atoms with van der Waals surface area (Å²) in [5.41, 5.74) is 4.16. The number of aliphatic imine (C=N–C) groups is 1. The van der Waals surface area contributed by atoms with E-state index in [2.05, 4.69) is 33.8 Å². The monoisotopic (exact) mass is 541 g/mol. The van der Waals surface area contributed by atoms with E-state index in [0.29, 0.717) is 19.6 Å². The van der Waals surface area contributed by atoms with Gasteiger partial charge in [0.25, 0.3) is 0 Å². The van der Waals surface area contributed by atoms with E-state index >= 15 is 0 Å². The van der Waals surface area contributed by atoms with Crippen LogP contribution in [0.4, 0.5) is 4.39 Å². The minimum absolute atomic E-state index is 0. The summed E-state index contributed by atoms with van der Waals surface area (Å²) >= 11 is 0. The summed E-state index contributed by atoms with van der Waals surface area (Å²) in [7, 11) is 0. The van der Waals surface area contributed by atoms with E-state index in [1.165, 1.54) is 23.3 Å². The maximum absolute atomic E-state index is 13.9. The first-order valence-electron chi connectivity index (χ1n) is 10.5. The summed E-state index contributed by atoms with van der Waals surface area (Å²) < 4.78 is 30.3. The first-order chi connectivity index (χ1) is 14.7. The van der Waals surface area contributed by atoms with Crippen molar-refractivity contribution in [1.29, 1.82) is 0 Å². The lowest BCUT2D eigenvalue weighted by Crippen LogP contribution is -2.38. The average Bonchev–Trinajstić information content (AvgIpc) is 3.21. The lowest BCUT2D eigenvalue weighted by molar-refractivity contribution is -0.0172. The third kappa shape index (κ3) is 6.22. The van der Waals surface area contributed by atoms with Crippen LogP contribution >= 0.6 is 24.0 Å². The summed E-state index contributed by atoms with van der Waals surface area (Å²) in [4.78, 5) is 4.64. The number of hydrogen-bond acceptors (Lipinski definition) is 4. The Morgan fingerprint density at radius 1 is 1.10 bits per heavy atom. The fourth-order valence-electron chi connectivity index (χ4n) is 3.79. The molecule has 2 N–H and O–H groups in total. The second-order valence-corrected chi connectivity index (χ2v) is 7.39. The number of ether oxygens (including phenoxy) is 3. The van der Waals surface area contributed by atoms with Crippen molar-refractivity contribution in [3.63, 3.8) is 0 Å². The molecular formula is C23H29FIN3O3. The molecular weight excluding hydrogens is 512 g/mol. The van der Waals surface area contributed by atoms with Crippen molar-refractivity contribution in [2.75, 3.05) is 33.0 Å². The van der Waals surface area contributed by atoms with Gasteiger partial charge in [-0.1, -0.05) is 12.1 Å². The second kappa shape index (κ2) is 11.5. The first kappa shape index (κ1) is 23.6. The number of nitrogens with zero attached hydrogens (tertiary/aromatic N) is 1. The fraction of sp³-hybridized carbons (Fsp3) is 0.435. The van der Waals surface area contributed by atoms with Gasteiger partial charge in [-0.15, -0.1) is 24.0 Å². The smallest absolute Gasteiger partial charge is 0.191 e. The van der Waals surface area contributed by atoms with Crippen LogP contribution in [0.25, 0.3) is 0 Å². The van der Waals surface area contributed by atoms with Crippen molar-refractivity contribution < 1.29 is 18.6 Å². The predicted molar refractivity (Wildman–Crippen MR) is 129 cm³/mol. The number of halogens is 2. The molecule has 0 aliphatic carbocycles. The SMILES string of the molecule is CCNC(=NCCc1cc(F)cc2c1OCOC2)NCCc1ccc2c(c1)CCO2.I. The molecule has 168 valence electrons. The molecule has 2 heterocycles. The Morgan fingerprint density at radius 3 is 2.87 bits per heavy atom. The number of benzene rings is 2. The Kier molecular flexibility index (Phi) is 8.77. The van der Waals surface area contributed by atoms with Gasteiger partial charge in [-0.3, -0.25) is 4.99 Å². The van der Waals surface area contributed by atoms with Crippen LogP contribution in [0.3, 0.4) is 0 Å². The number of fused-ring (bicyclic) bond motifs is 2. The zero-order valence-corrected chi connectivity index (χ0v) is 20.0. The van der Waals surface area contributed by atoms with Gasteiger partial charge >= 0.3 is 0 Å². The van der Waals surface area contributed by atoms with Crippen molar-refractivity contribution in [2.45, 2.75) is 32.8 Å². The molecule has 31 heavy (non-hydrogen) atoms. The molecule has 0 atom stereocenters. The summed E-state index contributed by atoms with van der Waals surface area (Å²) in [5.74, 6) is 2.23. The Labute approximate surface area is 199 Å². The zero-order chi connectivity index (χ0) is 20.8. The standard InChI is InChI=1S/C23H28FN3O3.HI/c1-2-25-23(26-8-5-16-3-4-21-17(11-16)7-10-29-21)27-9-6-18-12-20(24)13-19-14-28-15-30-22(18)19;/h3-4,11-13H,2,5-10,14-15H2,1H3,(H2,25,26,27);1H. The molecule has 0 amide bonds. The normalized spacial score (nSPS) is 14.6. The van der Waals surface area contributed by atoms with E-state index in [4.69, 9.17) is 14.2 Å². The van der Waals surface area contributed by atoms with Crippen molar-refractivity contribution in [1.82, 2.24) is 10.6 Å². The largest absolute Gasteiger partial charge is 0.493 e. The molecule has 0 spiro atoms. The molecule has 2 aromatic rings. The van der Waals surface area contributed by atoms with Crippen molar-refractivity contribution in [3.05, 3.63) is 58.4 Å². The molecule has 0 saturated carbocycles. The van der Waals surface area contributed by atoms with Gasteiger partial charge in [-0.05, 0) is 54.7 Å². The van der Waals surface area contributed by atoms with Gasteiger partial charge in [0.1, 0.15) is 17.3 Å². The molecule has 2 aromatic carbocycles. The van der Waals surface area contributed by atoms with Crippen LogP contribution < -0.4 is 20.1 Å². The molecule has 0 aromatic heterocycles. The highest BCUT2D eigenvalue weighted by atomic mass is 127.